The third-order valence-electron chi connectivity index (χ3n) is 5.63. The molecule has 4 aromatic rings. The lowest BCUT2D eigenvalue weighted by Crippen LogP contribution is -2.19. The molecule has 1 unspecified atom stereocenters. The summed E-state index contributed by atoms with van der Waals surface area (Å²) in [7, 11) is -1.29. The molecule has 2 aromatic heterocycles. The maximum Gasteiger partial charge on any atom is 0.309 e. The Kier molecular flexibility index (Phi) is 7.31. The summed E-state index contributed by atoms with van der Waals surface area (Å²) in [5.74, 6) is 0.654. The Morgan fingerprint density at radius 2 is 1.91 bits per heavy atom. The maximum atomic E-state index is 11.4. The van der Waals surface area contributed by atoms with E-state index in [9.17, 15) is 9.47 Å². The first-order chi connectivity index (χ1) is 16.7. The first-order valence-corrected chi connectivity index (χ1v) is 13.1. The minimum absolute atomic E-state index is 0.164. The lowest BCUT2D eigenvalue weighted by molar-refractivity contribution is 0.341. The molecular formula is C25H22Cl2N4O3S. The minimum Gasteiger partial charge on any atom is -0.489 e. The topological polar surface area (TPSA) is 101 Å². The van der Waals surface area contributed by atoms with Crippen LogP contribution in [0.2, 0.25) is 5.02 Å². The van der Waals surface area contributed by atoms with Gasteiger partial charge in [-0.1, -0.05) is 49.7 Å². The Labute approximate surface area is 215 Å². The first kappa shape index (κ1) is 25.0. The van der Waals surface area contributed by atoms with Gasteiger partial charge in [0.15, 0.2) is 5.75 Å². The summed E-state index contributed by atoms with van der Waals surface area (Å²) in [5.41, 5.74) is 4.63. The molecule has 0 bridgehead atoms. The van der Waals surface area contributed by atoms with E-state index in [1.54, 1.807) is 12.3 Å². The molecule has 1 atom stereocenters. The van der Waals surface area contributed by atoms with Crippen LogP contribution in [0.4, 0.5) is 6.01 Å². The summed E-state index contributed by atoms with van der Waals surface area (Å²) in [5, 5.41) is 10.0. The van der Waals surface area contributed by atoms with E-state index in [4.69, 9.17) is 32.4 Å². The van der Waals surface area contributed by atoms with Gasteiger partial charge < -0.3 is 9.15 Å². The summed E-state index contributed by atoms with van der Waals surface area (Å²) in [6.45, 7) is 4.41. The number of halogens is 2. The van der Waals surface area contributed by atoms with Gasteiger partial charge in [0, 0.05) is 23.4 Å². The van der Waals surface area contributed by atoms with E-state index in [-0.39, 0.29) is 12.6 Å². The van der Waals surface area contributed by atoms with E-state index < -0.39 is 16.4 Å². The molecule has 180 valence electrons. The number of nitrogens with one attached hydrogen (secondary N) is 1. The number of nitrogens with zero attached hydrogens (tertiary/aromatic N) is 3. The number of fused-ring (bicyclic) bond motifs is 1. The van der Waals surface area contributed by atoms with E-state index in [2.05, 4.69) is 34.6 Å². The van der Waals surface area contributed by atoms with Crippen molar-refractivity contribution in [2.45, 2.75) is 19.3 Å². The number of nitriles is 1. The second-order valence-corrected chi connectivity index (χ2v) is 10.2. The smallest absolute Gasteiger partial charge is 0.309 e. The lowest BCUT2D eigenvalue weighted by atomic mass is 9.77. The standard InChI is InChI=1S/C25H22Cl2N4O3S/c1-25(2,19-10-16(13-28)22(20(27)12-19)33-9-8-26)18-6-4-15(5-7-18)17-11-21-23(29-14-17)34-24(30-21)31-35(3)32/h4-7,10-12,14H,8-9H2,1-3H3,(H,30,31). The summed E-state index contributed by atoms with van der Waals surface area (Å²) < 4.78 is 25.0. The number of hydrogen-bond donors (Lipinski definition) is 1. The van der Waals surface area contributed by atoms with Crippen molar-refractivity contribution in [3.63, 3.8) is 0 Å². The molecule has 4 rings (SSSR count). The van der Waals surface area contributed by atoms with Gasteiger partial charge in [-0.2, -0.15) is 10.2 Å². The van der Waals surface area contributed by atoms with Gasteiger partial charge in [0.25, 0.3) is 0 Å². The fourth-order valence-corrected chi connectivity index (χ4v) is 4.40. The number of ether oxygens (including phenoxy) is 1. The Hall–Kier alpha value is -3.12. The van der Waals surface area contributed by atoms with E-state index in [1.165, 1.54) is 6.26 Å². The van der Waals surface area contributed by atoms with Crippen LogP contribution in [-0.4, -0.2) is 32.9 Å². The Morgan fingerprint density at radius 1 is 1.17 bits per heavy atom. The molecule has 1 N–H and O–H groups in total. The highest BCUT2D eigenvalue weighted by atomic mass is 35.5. The number of hydrogen-bond acceptors (Lipinski definition) is 6. The van der Waals surface area contributed by atoms with Crippen molar-refractivity contribution < 1.29 is 13.4 Å². The second-order valence-electron chi connectivity index (χ2n) is 8.31. The van der Waals surface area contributed by atoms with E-state index in [0.717, 1.165) is 22.3 Å². The number of rotatable bonds is 8. The SMILES string of the molecule is CS(=O)Nc1nc2cc(-c3ccc(C(C)(C)c4cc(Cl)c(OCCCl)c(C#N)c4)cc3)cnc2o1. The van der Waals surface area contributed by atoms with Gasteiger partial charge >= 0.3 is 6.01 Å². The van der Waals surface area contributed by atoms with Gasteiger partial charge in [-0.3, -0.25) is 4.72 Å². The molecule has 0 saturated carbocycles. The van der Waals surface area contributed by atoms with Crippen molar-refractivity contribution in [1.82, 2.24) is 9.97 Å². The molecule has 10 heteroatoms. The number of benzene rings is 2. The number of pyridine rings is 1. The molecule has 2 heterocycles. The van der Waals surface area contributed by atoms with Gasteiger partial charge in [0.1, 0.15) is 29.2 Å². The van der Waals surface area contributed by atoms with Gasteiger partial charge in [0.05, 0.1) is 16.5 Å². The van der Waals surface area contributed by atoms with Crippen LogP contribution in [0.15, 0.2) is 53.1 Å². The number of anilines is 1. The third kappa shape index (κ3) is 5.27. The zero-order chi connectivity index (χ0) is 25.2. The molecule has 0 amide bonds. The Bertz CT molecular complexity index is 1450. The molecule has 0 saturated heterocycles. The van der Waals surface area contributed by atoms with Gasteiger partial charge in [-0.25, -0.2) is 9.19 Å². The van der Waals surface area contributed by atoms with Crippen LogP contribution < -0.4 is 9.46 Å². The molecule has 7 nitrogen and oxygen atoms in total. The summed E-state index contributed by atoms with van der Waals surface area (Å²) in [6, 6.07) is 15.9. The molecule has 0 aliphatic carbocycles. The van der Waals surface area contributed by atoms with Crippen molar-refractivity contribution in [2.24, 2.45) is 0 Å². The van der Waals surface area contributed by atoms with Crippen LogP contribution in [0.3, 0.4) is 0 Å². The van der Waals surface area contributed by atoms with Gasteiger partial charge in [0.2, 0.25) is 5.71 Å². The number of alkyl halides is 1. The van der Waals surface area contributed by atoms with Crippen molar-refractivity contribution in [3.8, 4) is 22.9 Å². The summed E-state index contributed by atoms with van der Waals surface area (Å²) in [4.78, 5) is 8.62. The molecular weight excluding hydrogens is 507 g/mol. The molecule has 0 aliphatic heterocycles. The monoisotopic (exact) mass is 528 g/mol. The van der Waals surface area contributed by atoms with E-state index in [1.807, 2.05) is 36.4 Å². The van der Waals surface area contributed by atoms with Crippen LogP contribution in [0.1, 0.15) is 30.5 Å². The maximum absolute atomic E-state index is 11.4. The third-order valence-corrected chi connectivity index (χ3v) is 6.52. The molecule has 0 aliphatic rings. The highest BCUT2D eigenvalue weighted by molar-refractivity contribution is 7.85. The number of oxazole rings is 1. The number of aromatic nitrogens is 2. The minimum atomic E-state index is -1.29. The second kappa shape index (κ2) is 10.2. The van der Waals surface area contributed by atoms with E-state index >= 15 is 0 Å². The van der Waals surface area contributed by atoms with Crippen LogP contribution in [0.25, 0.3) is 22.4 Å². The zero-order valence-corrected chi connectivity index (χ0v) is 21.6. The van der Waals surface area contributed by atoms with Crippen molar-refractivity contribution in [3.05, 3.63) is 70.4 Å². The van der Waals surface area contributed by atoms with Gasteiger partial charge in [-0.15, -0.1) is 11.6 Å². The van der Waals surface area contributed by atoms with Crippen molar-refractivity contribution in [1.29, 1.82) is 5.26 Å². The molecule has 0 radical (unpaired) electrons. The van der Waals surface area contributed by atoms with Gasteiger partial charge in [-0.05, 0) is 34.9 Å². The molecule has 0 fully saturated rings. The van der Waals surface area contributed by atoms with Crippen molar-refractivity contribution in [2.75, 3.05) is 23.5 Å². The lowest BCUT2D eigenvalue weighted by Gasteiger charge is -2.27. The predicted octanol–water partition coefficient (Wildman–Crippen LogP) is 6.06. The summed E-state index contributed by atoms with van der Waals surface area (Å²) >= 11 is 12.2. The molecule has 2 aromatic carbocycles. The average molecular weight is 529 g/mol. The first-order valence-electron chi connectivity index (χ1n) is 10.6. The average Bonchev–Trinajstić information content (AvgIpc) is 3.23. The van der Waals surface area contributed by atoms with Crippen LogP contribution in [0, 0.1) is 11.3 Å². The highest BCUT2D eigenvalue weighted by Gasteiger charge is 2.26. The summed E-state index contributed by atoms with van der Waals surface area (Å²) in [6.07, 6.45) is 3.20. The molecule has 35 heavy (non-hydrogen) atoms. The molecule has 0 spiro atoms. The Balaban J connectivity index is 1.63. The quantitative estimate of drug-likeness (QED) is 0.278. The Morgan fingerprint density at radius 3 is 2.57 bits per heavy atom. The van der Waals surface area contributed by atoms with Crippen LogP contribution >= 0.6 is 23.2 Å². The normalized spacial score (nSPS) is 12.3. The van der Waals surface area contributed by atoms with Crippen LogP contribution in [-0.2, 0) is 16.4 Å². The van der Waals surface area contributed by atoms with E-state index in [0.29, 0.717) is 33.4 Å². The largest absolute Gasteiger partial charge is 0.489 e. The van der Waals surface area contributed by atoms with Crippen LogP contribution in [0.5, 0.6) is 5.75 Å². The van der Waals surface area contributed by atoms with Crippen molar-refractivity contribution >= 4 is 51.4 Å². The fraction of sp³-hybridized carbons (Fsp3) is 0.240. The predicted molar refractivity (Wildman–Crippen MR) is 139 cm³/mol. The fourth-order valence-electron chi connectivity index (χ4n) is 3.72. The highest BCUT2D eigenvalue weighted by Crippen LogP contribution is 2.39. The zero-order valence-electron chi connectivity index (χ0n) is 19.3.